The van der Waals surface area contributed by atoms with E-state index in [4.69, 9.17) is 9.57 Å². The molecule has 1 saturated heterocycles. The first-order valence-electron chi connectivity index (χ1n) is 4.59. The standard InChI is InChI=1S/C9H19NO2/c1-9(2,3)12-10-8-4-6-11-7-5-8/h8,10H,4-7H2,1-3H3. The SMILES string of the molecule is CC(C)(C)ONC1CCOCC1. The summed E-state index contributed by atoms with van der Waals surface area (Å²) in [6, 6.07) is 0.470. The summed E-state index contributed by atoms with van der Waals surface area (Å²) in [4.78, 5) is 5.46. The first-order chi connectivity index (χ1) is 5.58. The van der Waals surface area contributed by atoms with Gasteiger partial charge in [0.1, 0.15) is 0 Å². The molecule has 1 aliphatic heterocycles. The minimum atomic E-state index is -0.0989. The van der Waals surface area contributed by atoms with E-state index in [0.29, 0.717) is 6.04 Å². The van der Waals surface area contributed by atoms with E-state index in [0.717, 1.165) is 26.1 Å². The normalized spacial score (nSPS) is 21.2. The molecule has 72 valence electrons. The van der Waals surface area contributed by atoms with Crippen LogP contribution in [0.1, 0.15) is 33.6 Å². The fraction of sp³-hybridized carbons (Fsp3) is 1.00. The van der Waals surface area contributed by atoms with Crippen LogP contribution in [0.15, 0.2) is 0 Å². The molecule has 3 heteroatoms. The highest BCUT2D eigenvalue weighted by atomic mass is 16.7. The Balaban J connectivity index is 2.13. The largest absolute Gasteiger partial charge is 0.381 e. The van der Waals surface area contributed by atoms with Crippen LogP contribution in [0.25, 0.3) is 0 Å². The number of hydrogen-bond acceptors (Lipinski definition) is 3. The highest BCUT2D eigenvalue weighted by Crippen LogP contribution is 2.09. The van der Waals surface area contributed by atoms with Crippen LogP contribution < -0.4 is 5.48 Å². The Kier molecular flexibility index (Phi) is 3.50. The van der Waals surface area contributed by atoms with Crippen molar-refractivity contribution in [3.8, 4) is 0 Å². The van der Waals surface area contributed by atoms with Gasteiger partial charge >= 0.3 is 0 Å². The lowest BCUT2D eigenvalue weighted by molar-refractivity contribution is -0.102. The molecule has 1 aliphatic rings. The predicted molar refractivity (Wildman–Crippen MR) is 47.8 cm³/mol. The minimum absolute atomic E-state index is 0.0989. The van der Waals surface area contributed by atoms with Crippen molar-refractivity contribution in [2.45, 2.75) is 45.3 Å². The van der Waals surface area contributed by atoms with Gasteiger partial charge < -0.3 is 4.74 Å². The van der Waals surface area contributed by atoms with Gasteiger partial charge in [-0.1, -0.05) is 0 Å². The smallest absolute Gasteiger partial charge is 0.0813 e. The van der Waals surface area contributed by atoms with Gasteiger partial charge in [0.25, 0.3) is 0 Å². The summed E-state index contributed by atoms with van der Waals surface area (Å²) in [5, 5.41) is 0. The van der Waals surface area contributed by atoms with Gasteiger partial charge in [-0.3, -0.25) is 4.84 Å². The molecule has 0 amide bonds. The van der Waals surface area contributed by atoms with E-state index >= 15 is 0 Å². The zero-order valence-corrected chi connectivity index (χ0v) is 8.22. The van der Waals surface area contributed by atoms with Crippen molar-refractivity contribution in [3.63, 3.8) is 0 Å². The molecule has 12 heavy (non-hydrogen) atoms. The molecule has 0 aromatic rings. The summed E-state index contributed by atoms with van der Waals surface area (Å²) in [5.41, 5.74) is 2.98. The predicted octanol–water partition coefficient (Wildman–Crippen LogP) is 1.49. The molecule has 0 radical (unpaired) electrons. The Bertz CT molecular complexity index is 125. The van der Waals surface area contributed by atoms with E-state index in [-0.39, 0.29) is 5.60 Å². The number of hydroxylamine groups is 1. The van der Waals surface area contributed by atoms with Crippen molar-refractivity contribution in [3.05, 3.63) is 0 Å². The molecule has 1 heterocycles. The third kappa shape index (κ3) is 4.04. The third-order valence-corrected chi connectivity index (χ3v) is 1.75. The Morgan fingerprint density at radius 1 is 1.25 bits per heavy atom. The Morgan fingerprint density at radius 2 is 1.83 bits per heavy atom. The summed E-state index contributed by atoms with van der Waals surface area (Å²) in [6.07, 6.45) is 2.10. The maximum atomic E-state index is 5.46. The number of rotatable bonds is 2. The van der Waals surface area contributed by atoms with E-state index in [2.05, 4.69) is 5.48 Å². The minimum Gasteiger partial charge on any atom is -0.381 e. The van der Waals surface area contributed by atoms with Gasteiger partial charge in [0.15, 0.2) is 0 Å². The van der Waals surface area contributed by atoms with Gasteiger partial charge in [-0.2, -0.15) is 5.48 Å². The van der Waals surface area contributed by atoms with Crippen LogP contribution in [0.3, 0.4) is 0 Å². The van der Waals surface area contributed by atoms with E-state index in [9.17, 15) is 0 Å². The topological polar surface area (TPSA) is 30.5 Å². The molecular formula is C9H19NO2. The van der Waals surface area contributed by atoms with Crippen molar-refractivity contribution < 1.29 is 9.57 Å². The molecule has 0 aromatic heterocycles. The fourth-order valence-corrected chi connectivity index (χ4v) is 1.08. The zero-order valence-electron chi connectivity index (χ0n) is 8.22. The second kappa shape index (κ2) is 4.21. The average Bonchev–Trinajstić information content (AvgIpc) is 2.02. The Hall–Kier alpha value is -0.120. The monoisotopic (exact) mass is 173 g/mol. The van der Waals surface area contributed by atoms with Crippen molar-refractivity contribution in [1.82, 2.24) is 5.48 Å². The van der Waals surface area contributed by atoms with Crippen molar-refractivity contribution >= 4 is 0 Å². The highest BCUT2D eigenvalue weighted by molar-refractivity contribution is 4.67. The molecule has 1 N–H and O–H groups in total. The Labute approximate surface area is 74.4 Å². The summed E-state index contributed by atoms with van der Waals surface area (Å²) >= 11 is 0. The van der Waals surface area contributed by atoms with Gasteiger partial charge in [0, 0.05) is 19.3 Å². The van der Waals surface area contributed by atoms with Crippen LogP contribution in [0, 0.1) is 0 Å². The molecule has 1 rings (SSSR count). The van der Waals surface area contributed by atoms with Crippen LogP contribution in [0.5, 0.6) is 0 Å². The Morgan fingerprint density at radius 3 is 2.33 bits per heavy atom. The molecular weight excluding hydrogens is 154 g/mol. The number of nitrogens with one attached hydrogen (secondary N) is 1. The maximum Gasteiger partial charge on any atom is 0.0813 e. The van der Waals surface area contributed by atoms with Gasteiger partial charge in [0.2, 0.25) is 0 Å². The molecule has 0 unspecified atom stereocenters. The van der Waals surface area contributed by atoms with Crippen molar-refractivity contribution in [1.29, 1.82) is 0 Å². The lowest BCUT2D eigenvalue weighted by atomic mass is 10.1. The maximum absolute atomic E-state index is 5.46. The zero-order chi connectivity index (χ0) is 9.03. The number of hydrogen-bond donors (Lipinski definition) is 1. The average molecular weight is 173 g/mol. The first-order valence-corrected chi connectivity index (χ1v) is 4.59. The van der Waals surface area contributed by atoms with Crippen molar-refractivity contribution in [2.24, 2.45) is 0 Å². The first kappa shape index (κ1) is 9.96. The lowest BCUT2D eigenvalue weighted by Gasteiger charge is -2.27. The number of ether oxygens (including phenoxy) is 1. The molecule has 3 nitrogen and oxygen atoms in total. The van der Waals surface area contributed by atoms with Crippen LogP contribution in [-0.4, -0.2) is 24.9 Å². The summed E-state index contributed by atoms with van der Waals surface area (Å²) < 4.78 is 5.24. The lowest BCUT2D eigenvalue weighted by Crippen LogP contribution is -2.39. The molecule has 0 bridgehead atoms. The highest BCUT2D eigenvalue weighted by Gasteiger charge is 2.17. The summed E-state index contributed by atoms with van der Waals surface area (Å²) in [7, 11) is 0. The van der Waals surface area contributed by atoms with Crippen LogP contribution >= 0.6 is 0 Å². The molecule has 0 saturated carbocycles. The molecule has 0 spiro atoms. The van der Waals surface area contributed by atoms with Gasteiger partial charge in [0.05, 0.1) is 5.60 Å². The molecule has 0 aliphatic carbocycles. The second-order valence-electron chi connectivity index (χ2n) is 4.22. The molecule has 1 fully saturated rings. The van der Waals surface area contributed by atoms with E-state index in [1.54, 1.807) is 0 Å². The van der Waals surface area contributed by atoms with Crippen molar-refractivity contribution in [2.75, 3.05) is 13.2 Å². The molecule has 0 aromatic carbocycles. The van der Waals surface area contributed by atoms with Crippen LogP contribution in [-0.2, 0) is 9.57 Å². The van der Waals surface area contributed by atoms with Gasteiger partial charge in [-0.05, 0) is 33.6 Å². The second-order valence-corrected chi connectivity index (χ2v) is 4.22. The van der Waals surface area contributed by atoms with E-state index in [1.807, 2.05) is 20.8 Å². The van der Waals surface area contributed by atoms with E-state index in [1.165, 1.54) is 0 Å². The van der Waals surface area contributed by atoms with Gasteiger partial charge in [-0.15, -0.1) is 0 Å². The fourth-order valence-electron chi connectivity index (χ4n) is 1.08. The summed E-state index contributed by atoms with van der Waals surface area (Å²) in [6.45, 7) is 7.83. The summed E-state index contributed by atoms with van der Waals surface area (Å²) in [5.74, 6) is 0. The van der Waals surface area contributed by atoms with Crippen LogP contribution in [0.4, 0.5) is 0 Å². The van der Waals surface area contributed by atoms with Gasteiger partial charge in [-0.25, -0.2) is 0 Å². The third-order valence-electron chi connectivity index (χ3n) is 1.75. The van der Waals surface area contributed by atoms with E-state index < -0.39 is 0 Å². The van der Waals surface area contributed by atoms with Crippen LogP contribution in [0.2, 0.25) is 0 Å². The molecule has 0 atom stereocenters. The quantitative estimate of drug-likeness (QED) is 0.642.